The van der Waals surface area contributed by atoms with E-state index in [-0.39, 0.29) is 23.8 Å². The molecule has 0 bridgehead atoms. The smallest absolute Gasteiger partial charge is 0.218 e. The Morgan fingerprint density at radius 3 is 1.53 bits per heavy atom. The summed E-state index contributed by atoms with van der Waals surface area (Å²) in [5.74, 6) is 0.645. The van der Waals surface area contributed by atoms with Gasteiger partial charge in [-0.05, 0) is 56.2 Å². The summed E-state index contributed by atoms with van der Waals surface area (Å²) in [6, 6.07) is 14.9. The van der Waals surface area contributed by atoms with E-state index in [4.69, 9.17) is 34.5 Å². The molecule has 0 radical (unpaired) electrons. The molecule has 0 unspecified atom stereocenters. The molecule has 10 N–H and O–H groups in total. The first-order valence-electron chi connectivity index (χ1n) is 11.0. The van der Waals surface area contributed by atoms with Crippen molar-refractivity contribution >= 4 is 46.8 Å². The predicted octanol–water partition coefficient (Wildman–Crippen LogP) is 2.99. The van der Waals surface area contributed by atoms with Crippen LogP contribution in [0, 0.1) is 6.92 Å². The normalized spacial score (nSPS) is 13.1. The van der Waals surface area contributed by atoms with Crippen LogP contribution in [0.25, 0.3) is 0 Å². The van der Waals surface area contributed by atoms with Crippen molar-refractivity contribution in [1.29, 1.82) is 0 Å². The Hall–Kier alpha value is -3.79. The van der Waals surface area contributed by atoms with E-state index in [1.807, 2.05) is 31.2 Å². The van der Waals surface area contributed by atoms with E-state index in [9.17, 15) is 0 Å². The molecule has 0 aromatic heterocycles. The number of rotatable bonds is 9. The SMILES string of the molecule is Cc1ccc(N/C(N)=N/C(N)=NCCCCCCN=C(N)/N=C(\N)Nc2ccc(Cl)cc2)cc1. The lowest BCUT2D eigenvalue weighted by atomic mass is 10.2. The minimum atomic E-state index is 0.131. The first-order valence-corrected chi connectivity index (χ1v) is 11.3. The molecule has 0 atom stereocenters. The molecule has 10 nitrogen and oxygen atoms in total. The van der Waals surface area contributed by atoms with Crippen LogP contribution in [0.5, 0.6) is 0 Å². The third-order valence-electron chi connectivity index (χ3n) is 4.52. The van der Waals surface area contributed by atoms with Gasteiger partial charge in [-0.2, -0.15) is 9.98 Å². The summed E-state index contributed by atoms with van der Waals surface area (Å²) < 4.78 is 0. The van der Waals surface area contributed by atoms with Crippen LogP contribution in [0.15, 0.2) is 68.5 Å². The predicted molar refractivity (Wildman–Crippen MR) is 145 cm³/mol. The van der Waals surface area contributed by atoms with Gasteiger partial charge in [0.05, 0.1) is 0 Å². The number of guanidine groups is 4. The van der Waals surface area contributed by atoms with Crippen molar-refractivity contribution in [3.63, 3.8) is 0 Å². The van der Waals surface area contributed by atoms with E-state index in [0.29, 0.717) is 18.1 Å². The van der Waals surface area contributed by atoms with Crippen molar-refractivity contribution in [2.75, 3.05) is 23.7 Å². The highest BCUT2D eigenvalue weighted by Crippen LogP contribution is 2.13. The molecule has 182 valence electrons. The summed E-state index contributed by atoms with van der Waals surface area (Å²) >= 11 is 5.85. The van der Waals surface area contributed by atoms with Crippen molar-refractivity contribution in [3.05, 3.63) is 59.1 Å². The molecule has 0 saturated carbocycles. The Morgan fingerprint density at radius 2 is 1.09 bits per heavy atom. The van der Waals surface area contributed by atoms with Gasteiger partial charge in [0, 0.05) is 29.5 Å². The lowest BCUT2D eigenvalue weighted by Gasteiger charge is -2.05. The average Bonchev–Trinajstić information content (AvgIpc) is 2.78. The molecule has 0 spiro atoms. The van der Waals surface area contributed by atoms with Gasteiger partial charge >= 0.3 is 0 Å². The van der Waals surface area contributed by atoms with Crippen molar-refractivity contribution < 1.29 is 0 Å². The maximum absolute atomic E-state index is 5.86. The summed E-state index contributed by atoms with van der Waals surface area (Å²) in [5.41, 5.74) is 26.1. The fraction of sp³-hybridized carbons (Fsp3) is 0.304. The van der Waals surface area contributed by atoms with E-state index >= 15 is 0 Å². The lowest BCUT2D eigenvalue weighted by molar-refractivity contribution is 0.653. The first kappa shape index (κ1) is 26.5. The molecular formula is C23H33ClN10. The van der Waals surface area contributed by atoms with Gasteiger partial charge < -0.3 is 33.6 Å². The molecule has 2 aromatic carbocycles. The van der Waals surface area contributed by atoms with E-state index in [1.54, 1.807) is 24.3 Å². The van der Waals surface area contributed by atoms with Gasteiger partial charge in [0.15, 0.2) is 0 Å². The largest absolute Gasteiger partial charge is 0.369 e. The first-order chi connectivity index (χ1) is 16.3. The minimum absolute atomic E-state index is 0.131. The zero-order valence-corrected chi connectivity index (χ0v) is 20.1. The highest BCUT2D eigenvalue weighted by atomic mass is 35.5. The standard InChI is InChI=1S/C23H33ClN10/c1-16-6-10-18(11-7-16)31-22(27)33-20(25)29-14-4-2-3-5-15-30-21(26)34-23(28)32-19-12-8-17(24)9-13-19/h6-13H,2-5,14-15H2,1H3,(H5,25,27,29,31,33)(H5,26,28,30,32,34). The van der Waals surface area contributed by atoms with Gasteiger partial charge in [0.2, 0.25) is 23.8 Å². The number of nitrogens with zero attached hydrogens (tertiary/aromatic N) is 4. The molecule has 0 amide bonds. The van der Waals surface area contributed by atoms with Gasteiger partial charge in [-0.25, -0.2) is 0 Å². The fourth-order valence-electron chi connectivity index (χ4n) is 2.80. The summed E-state index contributed by atoms with van der Waals surface area (Å²) in [6.07, 6.45) is 3.73. The van der Waals surface area contributed by atoms with E-state index in [2.05, 4.69) is 30.6 Å². The van der Waals surface area contributed by atoms with Crippen molar-refractivity contribution in [3.8, 4) is 0 Å². The van der Waals surface area contributed by atoms with Crippen LogP contribution in [-0.2, 0) is 0 Å². The van der Waals surface area contributed by atoms with Crippen LogP contribution < -0.4 is 33.6 Å². The number of aryl methyl sites for hydroxylation is 1. The Balaban J connectivity index is 1.61. The summed E-state index contributed by atoms with van der Waals surface area (Å²) in [7, 11) is 0. The minimum Gasteiger partial charge on any atom is -0.369 e. The number of benzene rings is 2. The van der Waals surface area contributed by atoms with E-state index in [0.717, 1.165) is 42.6 Å². The fourth-order valence-corrected chi connectivity index (χ4v) is 2.93. The highest BCUT2D eigenvalue weighted by Gasteiger charge is 1.98. The molecule has 0 heterocycles. The highest BCUT2D eigenvalue weighted by molar-refractivity contribution is 6.30. The third kappa shape index (κ3) is 11.2. The number of hydrogen-bond acceptors (Lipinski definition) is 2. The van der Waals surface area contributed by atoms with Crippen LogP contribution in [0.2, 0.25) is 5.02 Å². The van der Waals surface area contributed by atoms with Crippen molar-refractivity contribution in [1.82, 2.24) is 0 Å². The molecule has 0 aliphatic heterocycles. The monoisotopic (exact) mass is 484 g/mol. The van der Waals surface area contributed by atoms with Crippen LogP contribution in [0.3, 0.4) is 0 Å². The number of unbranched alkanes of at least 4 members (excludes halogenated alkanes) is 3. The number of hydrogen-bond donors (Lipinski definition) is 6. The number of nitrogens with two attached hydrogens (primary N) is 4. The van der Waals surface area contributed by atoms with Gasteiger partial charge in [-0.15, -0.1) is 0 Å². The maximum atomic E-state index is 5.86. The Kier molecular flexibility index (Phi) is 11.2. The van der Waals surface area contributed by atoms with Gasteiger partial charge in [-0.1, -0.05) is 42.1 Å². The molecular weight excluding hydrogens is 452 g/mol. The molecule has 0 saturated heterocycles. The van der Waals surface area contributed by atoms with E-state index in [1.165, 1.54) is 0 Å². The molecule has 34 heavy (non-hydrogen) atoms. The zero-order chi connectivity index (χ0) is 24.8. The summed E-state index contributed by atoms with van der Waals surface area (Å²) in [4.78, 5) is 16.5. The molecule has 0 fully saturated rings. The van der Waals surface area contributed by atoms with Crippen LogP contribution in [0.1, 0.15) is 31.2 Å². The Morgan fingerprint density at radius 1 is 0.676 bits per heavy atom. The number of anilines is 2. The second-order valence-corrected chi connectivity index (χ2v) is 7.95. The summed E-state index contributed by atoms with van der Waals surface area (Å²) in [5, 5.41) is 6.54. The summed E-state index contributed by atoms with van der Waals surface area (Å²) in [6.45, 7) is 3.17. The third-order valence-corrected chi connectivity index (χ3v) is 4.78. The number of halogens is 1. The average molecular weight is 485 g/mol. The molecule has 0 aliphatic carbocycles. The van der Waals surface area contributed by atoms with Crippen molar-refractivity contribution in [2.24, 2.45) is 42.9 Å². The zero-order valence-electron chi connectivity index (χ0n) is 19.3. The van der Waals surface area contributed by atoms with Crippen molar-refractivity contribution in [2.45, 2.75) is 32.6 Å². The second-order valence-electron chi connectivity index (χ2n) is 7.51. The molecule has 11 heteroatoms. The second kappa shape index (κ2) is 14.4. The number of nitrogens with one attached hydrogen (secondary N) is 2. The van der Waals surface area contributed by atoms with Crippen LogP contribution in [0.4, 0.5) is 11.4 Å². The molecule has 2 rings (SSSR count). The van der Waals surface area contributed by atoms with E-state index < -0.39 is 0 Å². The Labute approximate surface area is 205 Å². The number of aliphatic imine (C=N–C) groups is 4. The maximum Gasteiger partial charge on any atom is 0.218 e. The molecule has 0 aliphatic rings. The quantitative estimate of drug-likeness (QED) is 0.181. The Bertz CT molecular complexity index is 928. The van der Waals surface area contributed by atoms with Gasteiger partial charge in [-0.3, -0.25) is 9.98 Å². The topological polar surface area (TPSA) is 178 Å². The van der Waals surface area contributed by atoms with Gasteiger partial charge in [0.25, 0.3) is 0 Å². The van der Waals surface area contributed by atoms with Crippen LogP contribution in [-0.4, -0.2) is 36.9 Å². The lowest BCUT2D eigenvalue weighted by Crippen LogP contribution is -2.26. The molecule has 2 aromatic rings. The van der Waals surface area contributed by atoms with Gasteiger partial charge in [0.1, 0.15) is 0 Å². The van der Waals surface area contributed by atoms with Crippen LogP contribution >= 0.6 is 11.6 Å².